The minimum absolute atomic E-state index is 0.0492. The van der Waals surface area contributed by atoms with Crippen molar-refractivity contribution in [3.63, 3.8) is 0 Å². The molecule has 2 rings (SSSR count). The van der Waals surface area contributed by atoms with E-state index in [1.165, 1.54) is 0 Å². The highest BCUT2D eigenvalue weighted by Crippen LogP contribution is 2.17. The number of amides is 1. The van der Waals surface area contributed by atoms with Gasteiger partial charge in [-0.3, -0.25) is 4.79 Å². The van der Waals surface area contributed by atoms with Gasteiger partial charge in [0, 0.05) is 18.8 Å². The summed E-state index contributed by atoms with van der Waals surface area (Å²) in [4.78, 5) is 13.2. The molecule has 0 radical (unpaired) electrons. The minimum Gasteiger partial charge on any atom is -0.398 e. The van der Waals surface area contributed by atoms with Crippen LogP contribution in [-0.2, 0) is 0 Å². The molecule has 3 nitrogen and oxygen atoms in total. The van der Waals surface area contributed by atoms with E-state index in [-0.39, 0.29) is 5.91 Å². The molecule has 1 heterocycles. The number of rotatable bonds is 1. The van der Waals surface area contributed by atoms with E-state index in [0.717, 1.165) is 13.1 Å². The lowest BCUT2D eigenvalue weighted by Gasteiger charge is -2.03. The van der Waals surface area contributed by atoms with Crippen LogP contribution in [0, 0.1) is 0 Å². The fraction of sp³-hybridized carbons (Fsp3) is 0.222. The molecule has 1 aromatic carbocycles. The first-order valence-electron chi connectivity index (χ1n) is 3.93. The molecule has 1 saturated heterocycles. The quantitative estimate of drug-likeness (QED) is 0.488. The van der Waals surface area contributed by atoms with E-state index in [4.69, 9.17) is 5.73 Å². The van der Waals surface area contributed by atoms with Crippen LogP contribution in [-0.4, -0.2) is 23.9 Å². The third kappa shape index (κ3) is 1.13. The monoisotopic (exact) mass is 162 g/mol. The van der Waals surface area contributed by atoms with E-state index >= 15 is 0 Å². The maximum Gasteiger partial charge on any atom is 0.256 e. The summed E-state index contributed by atoms with van der Waals surface area (Å²) in [7, 11) is 0. The molecule has 1 aliphatic rings. The highest BCUT2D eigenvalue weighted by molar-refractivity contribution is 6.00. The minimum atomic E-state index is 0.0492. The molecule has 2 N–H and O–H groups in total. The van der Waals surface area contributed by atoms with Gasteiger partial charge in [0.1, 0.15) is 0 Å². The highest BCUT2D eigenvalue weighted by atomic mass is 16.2. The summed E-state index contributed by atoms with van der Waals surface area (Å²) in [5.41, 5.74) is 6.82. The van der Waals surface area contributed by atoms with Crippen molar-refractivity contribution in [2.45, 2.75) is 0 Å². The van der Waals surface area contributed by atoms with Crippen LogP contribution < -0.4 is 5.73 Å². The molecule has 1 fully saturated rings. The smallest absolute Gasteiger partial charge is 0.256 e. The summed E-state index contributed by atoms with van der Waals surface area (Å²) in [5, 5.41) is 0. The van der Waals surface area contributed by atoms with Gasteiger partial charge in [-0.05, 0) is 12.1 Å². The van der Waals surface area contributed by atoms with Crippen molar-refractivity contribution in [1.29, 1.82) is 0 Å². The Labute approximate surface area is 70.8 Å². The molecule has 0 bridgehead atoms. The number of nitrogen functional groups attached to an aromatic ring is 1. The van der Waals surface area contributed by atoms with Gasteiger partial charge in [-0.25, -0.2) is 0 Å². The molecule has 12 heavy (non-hydrogen) atoms. The number of hydrogen-bond acceptors (Lipinski definition) is 2. The van der Waals surface area contributed by atoms with Crippen LogP contribution in [0.5, 0.6) is 0 Å². The van der Waals surface area contributed by atoms with Crippen molar-refractivity contribution < 1.29 is 4.79 Å². The average Bonchev–Trinajstić information content (AvgIpc) is 2.86. The van der Waals surface area contributed by atoms with E-state index < -0.39 is 0 Å². The molecule has 62 valence electrons. The van der Waals surface area contributed by atoms with Gasteiger partial charge in [0.25, 0.3) is 5.91 Å². The molecule has 1 aromatic rings. The first-order valence-corrected chi connectivity index (χ1v) is 3.93. The average molecular weight is 162 g/mol. The van der Waals surface area contributed by atoms with Gasteiger partial charge in [-0.2, -0.15) is 0 Å². The third-order valence-corrected chi connectivity index (χ3v) is 1.93. The molecule has 0 aromatic heterocycles. The van der Waals surface area contributed by atoms with E-state index in [1.807, 2.05) is 12.1 Å². The van der Waals surface area contributed by atoms with E-state index in [2.05, 4.69) is 0 Å². The number of anilines is 1. The summed E-state index contributed by atoms with van der Waals surface area (Å²) < 4.78 is 0. The maximum atomic E-state index is 11.5. The Balaban J connectivity index is 2.32. The number of hydrogen-bond donors (Lipinski definition) is 1. The molecule has 0 unspecified atom stereocenters. The normalized spacial score (nSPS) is 14.5. The van der Waals surface area contributed by atoms with E-state index in [0.29, 0.717) is 11.3 Å². The van der Waals surface area contributed by atoms with Gasteiger partial charge in [0.15, 0.2) is 0 Å². The summed E-state index contributed by atoms with van der Waals surface area (Å²) >= 11 is 0. The zero-order chi connectivity index (χ0) is 8.55. The van der Waals surface area contributed by atoms with Crippen molar-refractivity contribution >= 4 is 11.6 Å². The number of carbonyl (C=O) groups excluding carboxylic acids is 1. The van der Waals surface area contributed by atoms with Crippen LogP contribution in [0.2, 0.25) is 0 Å². The summed E-state index contributed by atoms with van der Waals surface area (Å²) in [5.74, 6) is 0.0492. The van der Waals surface area contributed by atoms with Gasteiger partial charge in [0.05, 0.1) is 5.56 Å². The predicted molar refractivity (Wildman–Crippen MR) is 46.8 cm³/mol. The highest BCUT2D eigenvalue weighted by Gasteiger charge is 2.26. The molecule has 1 aliphatic heterocycles. The fourth-order valence-electron chi connectivity index (χ4n) is 1.12. The largest absolute Gasteiger partial charge is 0.398 e. The van der Waals surface area contributed by atoms with Crippen LogP contribution in [0.1, 0.15) is 10.4 Å². The van der Waals surface area contributed by atoms with Crippen LogP contribution >= 0.6 is 0 Å². The Morgan fingerprint density at radius 1 is 1.33 bits per heavy atom. The zero-order valence-corrected chi connectivity index (χ0v) is 6.66. The van der Waals surface area contributed by atoms with Gasteiger partial charge in [-0.15, -0.1) is 0 Å². The lowest BCUT2D eigenvalue weighted by molar-refractivity contribution is 0.0886. The lowest BCUT2D eigenvalue weighted by Crippen LogP contribution is -2.12. The molecular weight excluding hydrogens is 152 g/mol. The molecule has 3 heteroatoms. The predicted octanol–water partition coefficient (Wildman–Crippen LogP) is 0.725. The van der Waals surface area contributed by atoms with Crippen molar-refractivity contribution in [1.82, 2.24) is 4.90 Å². The second-order valence-corrected chi connectivity index (χ2v) is 2.88. The Morgan fingerprint density at radius 3 is 2.58 bits per heavy atom. The lowest BCUT2D eigenvalue weighted by atomic mass is 10.2. The molecule has 0 spiro atoms. The second kappa shape index (κ2) is 2.52. The Morgan fingerprint density at radius 2 is 2.00 bits per heavy atom. The molecule has 1 amide bonds. The number of para-hydroxylation sites is 1. The molecule has 0 atom stereocenters. The van der Waals surface area contributed by atoms with E-state index in [1.54, 1.807) is 17.0 Å². The summed E-state index contributed by atoms with van der Waals surface area (Å²) in [6.45, 7) is 1.74. The summed E-state index contributed by atoms with van der Waals surface area (Å²) in [6.07, 6.45) is 0. The second-order valence-electron chi connectivity index (χ2n) is 2.88. The van der Waals surface area contributed by atoms with Crippen LogP contribution in [0.25, 0.3) is 0 Å². The van der Waals surface area contributed by atoms with Crippen molar-refractivity contribution in [2.24, 2.45) is 0 Å². The Kier molecular flexibility index (Phi) is 1.50. The fourth-order valence-corrected chi connectivity index (χ4v) is 1.12. The maximum absolute atomic E-state index is 11.5. The van der Waals surface area contributed by atoms with Crippen LogP contribution in [0.4, 0.5) is 5.69 Å². The van der Waals surface area contributed by atoms with Crippen molar-refractivity contribution in [3.05, 3.63) is 29.8 Å². The van der Waals surface area contributed by atoms with Crippen LogP contribution in [0.15, 0.2) is 24.3 Å². The standard InChI is InChI=1S/C9H10N2O/c10-8-4-2-1-3-7(8)9(12)11-5-6-11/h1-4H,5-6,10H2. The van der Waals surface area contributed by atoms with Crippen molar-refractivity contribution in [2.75, 3.05) is 18.8 Å². The van der Waals surface area contributed by atoms with Gasteiger partial charge >= 0.3 is 0 Å². The molecular formula is C9H10N2O. The number of benzene rings is 1. The number of nitrogens with two attached hydrogens (primary N) is 1. The number of carbonyl (C=O) groups is 1. The SMILES string of the molecule is Nc1ccccc1C(=O)N1CC1. The Hall–Kier alpha value is -1.51. The van der Waals surface area contributed by atoms with Gasteiger partial charge < -0.3 is 10.6 Å². The first kappa shape index (κ1) is 7.16. The first-order chi connectivity index (χ1) is 5.79. The van der Waals surface area contributed by atoms with Gasteiger partial charge in [-0.1, -0.05) is 12.1 Å². The van der Waals surface area contributed by atoms with E-state index in [9.17, 15) is 4.79 Å². The summed E-state index contributed by atoms with van der Waals surface area (Å²) in [6, 6.07) is 7.16. The van der Waals surface area contributed by atoms with Gasteiger partial charge in [0.2, 0.25) is 0 Å². The Bertz CT molecular complexity index is 318. The topological polar surface area (TPSA) is 46.1 Å². The van der Waals surface area contributed by atoms with Crippen molar-refractivity contribution in [3.8, 4) is 0 Å². The van der Waals surface area contributed by atoms with Crippen LogP contribution in [0.3, 0.4) is 0 Å². The molecule has 0 aliphatic carbocycles. The molecule has 0 saturated carbocycles. The number of nitrogens with zero attached hydrogens (tertiary/aromatic N) is 1. The zero-order valence-electron chi connectivity index (χ0n) is 6.66. The third-order valence-electron chi connectivity index (χ3n) is 1.93.